The molecule has 0 saturated heterocycles. The molecule has 0 atom stereocenters. The third-order valence-corrected chi connectivity index (χ3v) is 4.03. The minimum Gasteiger partial charge on any atom is -0.394 e. The van der Waals surface area contributed by atoms with Crippen LogP contribution in [0.3, 0.4) is 0 Å². The number of rotatable bonds is 4. The van der Waals surface area contributed by atoms with E-state index in [-0.39, 0.29) is 11.1 Å². The van der Waals surface area contributed by atoms with Crippen molar-refractivity contribution < 1.29 is 22.4 Å². The minimum absolute atomic E-state index is 0.0688. The summed E-state index contributed by atoms with van der Waals surface area (Å²) in [6.07, 6.45) is -3.04. The maximum atomic E-state index is 13.0. The van der Waals surface area contributed by atoms with Gasteiger partial charge < -0.3 is 5.73 Å². The Morgan fingerprint density at radius 3 is 1.92 bits per heavy atom. The molecule has 2 aromatic carbocycles. The van der Waals surface area contributed by atoms with Crippen molar-refractivity contribution in [3.05, 3.63) is 71.2 Å². The molecule has 0 aromatic heterocycles. The van der Waals surface area contributed by atoms with Gasteiger partial charge in [-0.2, -0.15) is 13.2 Å². The van der Waals surface area contributed by atoms with Crippen LogP contribution in [0.4, 0.5) is 17.6 Å². The monoisotopic (exact) mass is 355 g/mol. The van der Waals surface area contributed by atoms with Crippen LogP contribution in [-0.4, -0.2) is 18.2 Å². The fraction of sp³-hybridized carbons (Fsp3) is 0.118. The van der Waals surface area contributed by atoms with Crippen molar-refractivity contribution >= 4 is 23.1 Å². The van der Waals surface area contributed by atoms with Crippen LogP contribution in [-0.2, 0) is 0 Å². The molecule has 0 saturated carbocycles. The molecule has 0 aliphatic rings. The van der Waals surface area contributed by atoms with Crippen molar-refractivity contribution in [3.8, 4) is 0 Å². The Bertz CT molecular complexity index is 765. The Labute approximate surface area is 140 Å². The molecule has 0 radical (unpaired) electrons. The number of Topliss-reactive ketones (excluding diaryl/α,β-unsaturated/α-hetero) is 1. The third-order valence-electron chi connectivity index (χ3n) is 3.29. The summed E-state index contributed by atoms with van der Waals surface area (Å²) in [5.74, 6) is -1.50. The zero-order valence-corrected chi connectivity index (χ0v) is 13.3. The number of hydrogen-bond acceptors (Lipinski definition) is 3. The molecule has 0 unspecified atom stereocenters. The Balaban J connectivity index is 2.57. The third kappa shape index (κ3) is 3.97. The summed E-state index contributed by atoms with van der Waals surface area (Å²) in [6.45, 7) is 0. The molecule has 2 nitrogen and oxygen atoms in total. The van der Waals surface area contributed by atoms with Crippen LogP contribution < -0.4 is 5.73 Å². The fourth-order valence-corrected chi connectivity index (χ4v) is 2.46. The molecule has 126 valence electrons. The van der Waals surface area contributed by atoms with Gasteiger partial charge in [-0.15, -0.1) is 11.8 Å². The molecular formula is C17H13F4NOS. The predicted molar refractivity (Wildman–Crippen MR) is 86.1 cm³/mol. The van der Waals surface area contributed by atoms with Gasteiger partial charge in [0.1, 0.15) is 11.5 Å². The molecule has 0 bridgehead atoms. The summed E-state index contributed by atoms with van der Waals surface area (Å²) in [4.78, 5) is 13.4. The Morgan fingerprint density at radius 2 is 1.46 bits per heavy atom. The molecule has 2 aromatic rings. The predicted octanol–water partition coefficient (Wildman–Crippen LogP) is 4.66. The number of hydrogen-bond donors (Lipinski definition) is 1. The van der Waals surface area contributed by atoms with Crippen molar-refractivity contribution in [3.63, 3.8) is 0 Å². The van der Waals surface area contributed by atoms with E-state index in [0.29, 0.717) is 0 Å². The van der Waals surface area contributed by atoms with Crippen molar-refractivity contribution in [1.29, 1.82) is 0 Å². The van der Waals surface area contributed by atoms with Gasteiger partial charge in [0, 0.05) is 10.5 Å². The van der Waals surface area contributed by atoms with Gasteiger partial charge in [-0.3, -0.25) is 4.79 Å². The highest BCUT2D eigenvalue weighted by Gasteiger charge is 2.36. The van der Waals surface area contributed by atoms with E-state index >= 15 is 0 Å². The van der Waals surface area contributed by atoms with Gasteiger partial charge in [0.25, 0.3) is 0 Å². The summed E-state index contributed by atoms with van der Waals surface area (Å²) in [7, 11) is 0. The first-order valence-electron chi connectivity index (χ1n) is 6.75. The summed E-state index contributed by atoms with van der Waals surface area (Å²) in [5.41, 5.74) is 2.97. The van der Waals surface area contributed by atoms with Crippen molar-refractivity contribution in [2.75, 3.05) is 6.26 Å². The largest absolute Gasteiger partial charge is 0.431 e. The molecule has 0 aliphatic carbocycles. The van der Waals surface area contributed by atoms with E-state index in [0.717, 1.165) is 29.2 Å². The van der Waals surface area contributed by atoms with Crippen LogP contribution in [0.5, 0.6) is 0 Å². The Morgan fingerprint density at radius 1 is 0.958 bits per heavy atom. The summed E-state index contributed by atoms with van der Waals surface area (Å²) in [6, 6.07) is 10.3. The first-order chi connectivity index (χ1) is 11.2. The lowest BCUT2D eigenvalue weighted by atomic mass is 9.94. The number of halogens is 4. The van der Waals surface area contributed by atoms with Crippen LogP contribution in [0.15, 0.2) is 59.1 Å². The molecule has 0 aliphatic heterocycles. The van der Waals surface area contributed by atoms with E-state index in [4.69, 9.17) is 5.73 Å². The molecule has 0 amide bonds. The number of thioether (sulfide) groups is 1. The van der Waals surface area contributed by atoms with Crippen molar-refractivity contribution in [1.82, 2.24) is 0 Å². The molecule has 2 N–H and O–H groups in total. The van der Waals surface area contributed by atoms with Crippen molar-refractivity contribution in [2.24, 2.45) is 5.73 Å². The molecule has 0 fully saturated rings. The van der Waals surface area contributed by atoms with Gasteiger partial charge in [0.15, 0.2) is 5.78 Å². The molecule has 0 spiro atoms. The zero-order chi connectivity index (χ0) is 17.9. The van der Waals surface area contributed by atoms with E-state index in [1.54, 1.807) is 12.1 Å². The first kappa shape index (κ1) is 18.1. The Hall–Kier alpha value is -2.28. The van der Waals surface area contributed by atoms with E-state index < -0.39 is 29.0 Å². The second kappa shape index (κ2) is 7.09. The second-order valence-corrected chi connectivity index (χ2v) is 5.73. The fourth-order valence-electron chi connectivity index (χ4n) is 2.05. The van der Waals surface area contributed by atoms with Crippen LogP contribution in [0.2, 0.25) is 0 Å². The average molecular weight is 355 g/mol. The lowest BCUT2D eigenvalue weighted by Crippen LogP contribution is -2.24. The van der Waals surface area contributed by atoms with E-state index in [2.05, 4.69) is 0 Å². The highest BCUT2D eigenvalue weighted by atomic mass is 32.2. The van der Waals surface area contributed by atoms with Gasteiger partial charge in [-0.05, 0) is 48.2 Å². The van der Waals surface area contributed by atoms with E-state index in [1.165, 1.54) is 23.9 Å². The summed E-state index contributed by atoms with van der Waals surface area (Å²) < 4.78 is 52.2. The first-order valence-corrected chi connectivity index (χ1v) is 7.98. The maximum Gasteiger partial charge on any atom is 0.431 e. The maximum absolute atomic E-state index is 13.0. The highest BCUT2D eigenvalue weighted by molar-refractivity contribution is 7.98. The number of alkyl halides is 3. The van der Waals surface area contributed by atoms with Gasteiger partial charge in [-0.25, -0.2) is 4.39 Å². The SMILES string of the molecule is CSc1ccc(C(=O)C(=C(N)C(F)(F)F)c2ccc(F)cc2)cc1. The zero-order valence-electron chi connectivity index (χ0n) is 12.5. The number of benzene rings is 2. The van der Waals surface area contributed by atoms with Crippen molar-refractivity contribution in [2.45, 2.75) is 11.1 Å². The van der Waals surface area contributed by atoms with Gasteiger partial charge in [0.2, 0.25) is 0 Å². The lowest BCUT2D eigenvalue weighted by Gasteiger charge is -2.14. The van der Waals surface area contributed by atoms with Crippen LogP contribution in [0, 0.1) is 5.82 Å². The van der Waals surface area contributed by atoms with Gasteiger partial charge in [-0.1, -0.05) is 12.1 Å². The Kier molecular flexibility index (Phi) is 5.33. The number of carbonyl (C=O) groups is 1. The smallest absolute Gasteiger partial charge is 0.394 e. The second-order valence-electron chi connectivity index (χ2n) is 4.85. The van der Waals surface area contributed by atoms with E-state index in [1.807, 2.05) is 6.26 Å². The van der Waals surface area contributed by atoms with Crippen LogP contribution in [0.25, 0.3) is 5.57 Å². The normalized spacial score (nSPS) is 12.7. The number of allylic oxidation sites excluding steroid dienone is 2. The highest BCUT2D eigenvalue weighted by Crippen LogP contribution is 2.31. The molecular weight excluding hydrogens is 342 g/mol. The van der Waals surface area contributed by atoms with Gasteiger partial charge in [0.05, 0.1) is 5.57 Å². The van der Waals surface area contributed by atoms with E-state index in [9.17, 15) is 22.4 Å². The van der Waals surface area contributed by atoms with Crippen LogP contribution >= 0.6 is 11.8 Å². The number of nitrogens with two attached hydrogens (primary N) is 1. The quantitative estimate of drug-likeness (QED) is 0.375. The topological polar surface area (TPSA) is 43.1 Å². The number of carbonyl (C=O) groups excluding carboxylic acids is 1. The molecule has 0 heterocycles. The van der Waals surface area contributed by atoms with Crippen LogP contribution in [0.1, 0.15) is 15.9 Å². The minimum atomic E-state index is -4.88. The molecule has 24 heavy (non-hydrogen) atoms. The summed E-state index contributed by atoms with van der Waals surface area (Å²) >= 11 is 1.44. The van der Waals surface area contributed by atoms with Gasteiger partial charge >= 0.3 is 6.18 Å². The summed E-state index contributed by atoms with van der Waals surface area (Å²) in [5, 5.41) is 0. The number of ketones is 1. The molecule has 7 heteroatoms. The molecule has 2 rings (SSSR count). The lowest BCUT2D eigenvalue weighted by molar-refractivity contribution is -0.0920. The standard InChI is InChI=1S/C17H13F4NOS/c1-24-13-8-4-11(5-9-13)15(23)14(16(22)17(19,20)21)10-2-6-12(18)7-3-10/h2-9H,22H2,1H3. The average Bonchev–Trinajstić information content (AvgIpc) is 2.56.